The first-order valence-electron chi connectivity index (χ1n) is 18.4. The van der Waals surface area contributed by atoms with Crippen molar-refractivity contribution in [3.05, 3.63) is 90.1 Å². The average Bonchev–Trinajstić information content (AvgIpc) is 3.25. The maximum Gasteiger partial charge on any atom is 0.296 e. The Morgan fingerprint density at radius 3 is 1.63 bits per heavy atom. The molecule has 0 aliphatic heterocycles. The minimum Gasteiger partial charge on any atom is -0.505 e. The van der Waals surface area contributed by atoms with Gasteiger partial charge in [0.05, 0.1) is 49.4 Å². The van der Waals surface area contributed by atoms with E-state index in [2.05, 4.69) is 57.5 Å². The molecule has 0 bridgehead atoms. The second-order valence-electron chi connectivity index (χ2n) is 13.9. The lowest BCUT2D eigenvalue weighted by molar-refractivity contribution is 0.472. The van der Waals surface area contributed by atoms with E-state index in [-0.39, 0.29) is 26.9 Å². The molecule has 36 heteroatoms. The fraction of sp³-hybridized carbons (Fsp3) is 0.0571. The monoisotopic (exact) mass is 1120 g/mol. The van der Waals surface area contributed by atoms with Crippen molar-refractivity contribution in [1.82, 2.24) is 15.0 Å². The number of aromatic nitrogens is 3. The maximum atomic E-state index is 12.9. The minimum absolute atomic E-state index is 0.104. The first kappa shape index (κ1) is 53.3. The number of halogens is 1. The Morgan fingerprint density at radius 1 is 0.606 bits per heavy atom. The molecule has 0 aliphatic rings. The topological polar surface area (TPSA) is 483 Å². The van der Waals surface area contributed by atoms with Gasteiger partial charge in [-0.15, -0.1) is 20.5 Å². The molecule has 10 N–H and O–H groups in total. The minimum atomic E-state index is -5.52. The van der Waals surface area contributed by atoms with Crippen LogP contribution in [0.15, 0.2) is 140 Å². The fourth-order valence-corrected chi connectivity index (χ4v) is 11.2. The molecule has 6 rings (SSSR count). The number of aromatic hydroxyl groups is 1. The summed E-state index contributed by atoms with van der Waals surface area (Å²) in [6, 6.07) is 11.2. The number of phenols is 1. The molecule has 0 fully saturated rings. The zero-order valence-corrected chi connectivity index (χ0v) is 40.4. The van der Waals surface area contributed by atoms with Crippen LogP contribution in [-0.2, 0) is 60.1 Å². The third kappa shape index (κ3) is 12.6. The number of anilines is 4. The van der Waals surface area contributed by atoms with Gasteiger partial charge in [0.25, 0.3) is 40.5 Å². The molecule has 0 radical (unpaired) electrons. The molecule has 1 aromatic heterocycles. The number of fused-ring (bicyclic) bond motifs is 1. The third-order valence-corrected chi connectivity index (χ3v) is 15.9. The quantitative estimate of drug-likeness (QED) is 0.0301. The highest BCUT2D eigenvalue weighted by molar-refractivity contribution is 7.94. The summed E-state index contributed by atoms with van der Waals surface area (Å²) in [5.74, 6) is -4.24. The lowest BCUT2D eigenvalue weighted by Gasteiger charge is -2.14. The highest BCUT2D eigenvalue weighted by Crippen LogP contribution is 2.49. The molecule has 0 spiro atoms. The molecule has 374 valence electrons. The van der Waals surface area contributed by atoms with Crippen LogP contribution in [0.2, 0.25) is 5.28 Å². The summed E-state index contributed by atoms with van der Waals surface area (Å²) in [5.41, 5.74) is 7.02. The molecule has 0 atom stereocenters. The van der Waals surface area contributed by atoms with Gasteiger partial charge in [0, 0.05) is 5.41 Å². The summed E-state index contributed by atoms with van der Waals surface area (Å²) in [7, 11) is -29.0. The Morgan fingerprint density at radius 2 is 1.11 bits per heavy atom. The van der Waals surface area contributed by atoms with E-state index in [9.17, 15) is 69.3 Å². The Labute approximate surface area is 405 Å². The standard InChI is InChI=1S/C35H29ClN12O17S6/c1-2-66(50,51)20-7-3-19(4-8-20)44-47-30-26(70(60,61)62)13-17-14-27(71(63,64)65)31(32(49)28(17)29(30)37)48-46-24-15-22(39-35-41-33(36)40-34(38)42-35)23(16-25(24)69(57,58)59)45-43-18-5-9-21(10-6-18)67(52,53)11-12-68(54,55)56/h2-10,13-16,49H,1,11-12,37H2,(H,54,55,56)(H,57,58,59)(H,60,61,62)(H,63,64,65)(H3,38,39,40,41,42). The SMILES string of the molecule is C=CS(=O)(=O)c1ccc(N=Nc2c(S(=O)(=O)O)cc3cc(S(=O)(=O)O)c(N=Nc4cc(Nc5nc(N)nc(Cl)n5)c(N=Nc5ccc(S(=O)(=O)CCS(=O)(=O)O)cc5)cc4S(=O)(=O)O)c(O)c3c2N)cc1. The van der Waals surface area contributed by atoms with Crippen LogP contribution in [-0.4, -0.2) is 100 Å². The molecule has 6 aromatic rings. The first-order chi connectivity index (χ1) is 32.8. The Hall–Kier alpha value is -7.06. The largest absolute Gasteiger partial charge is 0.505 e. The van der Waals surface area contributed by atoms with Crippen molar-refractivity contribution in [2.75, 3.05) is 28.3 Å². The lowest BCUT2D eigenvalue weighted by Crippen LogP contribution is -2.16. The fourth-order valence-electron chi connectivity index (χ4n) is 5.85. The van der Waals surface area contributed by atoms with Crippen LogP contribution in [0.25, 0.3) is 10.8 Å². The van der Waals surface area contributed by atoms with E-state index in [4.69, 9.17) is 27.6 Å². The molecule has 0 saturated carbocycles. The molecule has 0 aliphatic carbocycles. The van der Waals surface area contributed by atoms with E-state index in [1.165, 1.54) is 0 Å². The van der Waals surface area contributed by atoms with Crippen LogP contribution in [0.1, 0.15) is 0 Å². The number of rotatable bonds is 17. The average molecular weight is 1120 g/mol. The molecule has 1 heterocycles. The van der Waals surface area contributed by atoms with E-state index in [1.807, 2.05) is 0 Å². The number of hydrogen-bond acceptors (Lipinski definition) is 25. The van der Waals surface area contributed by atoms with Crippen molar-refractivity contribution in [2.24, 2.45) is 30.7 Å². The second kappa shape index (κ2) is 19.6. The van der Waals surface area contributed by atoms with Gasteiger partial charge >= 0.3 is 0 Å². The van der Waals surface area contributed by atoms with E-state index in [0.717, 1.165) is 54.6 Å². The number of azo groups is 3. The number of nitrogens with one attached hydrogen (secondary N) is 1. The van der Waals surface area contributed by atoms with Crippen molar-refractivity contribution in [1.29, 1.82) is 0 Å². The highest BCUT2D eigenvalue weighted by Gasteiger charge is 2.29. The van der Waals surface area contributed by atoms with Crippen LogP contribution in [0.3, 0.4) is 0 Å². The van der Waals surface area contributed by atoms with Crippen molar-refractivity contribution < 1.29 is 73.8 Å². The summed E-state index contributed by atoms with van der Waals surface area (Å²) in [6.45, 7) is 3.21. The molecular weight excluding hydrogens is 1090 g/mol. The van der Waals surface area contributed by atoms with Crippen LogP contribution >= 0.6 is 11.6 Å². The molecule has 0 unspecified atom stereocenters. The third-order valence-electron chi connectivity index (χ3n) is 9.08. The van der Waals surface area contributed by atoms with E-state index < -0.39 is 148 Å². The van der Waals surface area contributed by atoms with Gasteiger partial charge < -0.3 is 21.9 Å². The van der Waals surface area contributed by atoms with Crippen molar-refractivity contribution in [3.63, 3.8) is 0 Å². The molecule has 5 aromatic carbocycles. The van der Waals surface area contributed by atoms with Gasteiger partial charge in [-0.25, -0.2) is 16.8 Å². The number of nitrogens with zero attached hydrogens (tertiary/aromatic N) is 9. The number of nitrogen functional groups attached to an aromatic ring is 2. The maximum absolute atomic E-state index is 12.9. The first-order valence-corrected chi connectivity index (χ1v) is 28.0. The van der Waals surface area contributed by atoms with Gasteiger partial charge in [-0.3, -0.25) is 18.2 Å². The predicted molar refractivity (Wildman–Crippen MR) is 250 cm³/mol. The van der Waals surface area contributed by atoms with Gasteiger partial charge in [-0.2, -0.15) is 58.9 Å². The number of hydrogen-bond donors (Lipinski definition) is 8. The van der Waals surface area contributed by atoms with E-state index in [0.29, 0.717) is 23.6 Å². The summed E-state index contributed by atoms with van der Waals surface area (Å²) in [6.07, 6.45) is 0. The lowest BCUT2D eigenvalue weighted by atomic mass is 10.1. The van der Waals surface area contributed by atoms with Gasteiger partial charge in [0.15, 0.2) is 25.4 Å². The Balaban J connectivity index is 1.52. The molecule has 0 amide bonds. The molecule has 29 nitrogen and oxygen atoms in total. The number of nitrogens with two attached hydrogens (primary N) is 2. The van der Waals surface area contributed by atoms with Crippen molar-refractivity contribution in [3.8, 4) is 5.75 Å². The molecule has 71 heavy (non-hydrogen) atoms. The highest BCUT2D eigenvalue weighted by atomic mass is 35.5. The predicted octanol–water partition coefficient (Wildman–Crippen LogP) is 5.86. The summed E-state index contributed by atoms with van der Waals surface area (Å²) in [5, 5.41) is 35.9. The van der Waals surface area contributed by atoms with Gasteiger partial charge in [-0.1, -0.05) is 6.58 Å². The molecular formula is C35H29ClN12O17S6. The summed E-state index contributed by atoms with van der Waals surface area (Å²) in [4.78, 5) is 7.09. The van der Waals surface area contributed by atoms with Crippen LogP contribution < -0.4 is 16.8 Å². The van der Waals surface area contributed by atoms with Gasteiger partial charge in [0.1, 0.15) is 37.4 Å². The molecule has 0 saturated heterocycles. The number of phenolic OH excluding ortho intramolecular Hbond substituents is 1. The van der Waals surface area contributed by atoms with E-state index >= 15 is 0 Å². The zero-order valence-electron chi connectivity index (χ0n) is 34.8. The summed E-state index contributed by atoms with van der Waals surface area (Å²) >= 11 is 5.92. The second-order valence-corrected chi connectivity index (χ2v) is 24.0. The van der Waals surface area contributed by atoms with Crippen molar-refractivity contribution in [2.45, 2.75) is 24.5 Å². The van der Waals surface area contributed by atoms with Gasteiger partial charge in [0.2, 0.25) is 17.2 Å². The van der Waals surface area contributed by atoms with Crippen LogP contribution in [0.4, 0.5) is 57.4 Å². The zero-order chi connectivity index (χ0) is 52.6. The Kier molecular flexibility index (Phi) is 14.7. The van der Waals surface area contributed by atoms with Crippen LogP contribution in [0, 0.1) is 0 Å². The van der Waals surface area contributed by atoms with Crippen molar-refractivity contribution >= 4 is 140 Å². The normalized spacial score (nSPS) is 13.1. The smallest absolute Gasteiger partial charge is 0.296 e. The Bertz CT molecular complexity index is 3980. The van der Waals surface area contributed by atoms with E-state index in [1.54, 1.807) is 0 Å². The number of benzene rings is 5. The number of sulfone groups is 2. The van der Waals surface area contributed by atoms with Crippen LogP contribution in [0.5, 0.6) is 5.75 Å². The summed E-state index contributed by atoms with van der Waals surface area (Å²) < 4.78 is 188. The van der Waals surface area contributed by atoms with Gasteiger partial charge in [-0.05, 0) is 89.8 Å².